The fourth-order valence-corrected chi connectivity index (χ4v) is 1.86. The quantitative estimate of drug-likeness (QED) is 0.793. The van der Waals surface area contributed by atoms with Crippen molar-refractivity contribution in [2.75, 3.05) is 13.1 Å². The van der Waals surface area contributed by atoms with Crippen LogP contribution < -0.4 is 0 Å². The molecule has 2 heterocycles. The van der Waals surface area contributed by atoms with Gasteiger partial charge < -0.3 is 14.6 Å². The molecule has 1 aromatic heterocycles. The van der Waals surface area contributed by atoms with Crippen molar-refractivity contribution in [3.63, 3.8) is 0 Å². The lowest BCUT2D eigenvalue weighted by atomic mass is 10.2. The summed E-state index contributed by atoms with van der Waals surface area (Å²) in [5, 5.41) is 8.92. The third-order valence-electron chi connectivity index (χ3n) is 2.77. The van der Waals surface area contributed by atoms with Crippen LogP contribution in [0.3, 0.4) is 0 Å². The smallest absolute Gasteiger partial charge is 0.352 e. The first-order valence-corrected chi connectivity index (χ1v) is 5.49. The molecule has 0 fully saturated rings. The molecule has 0 saturated heterocycles. The summed E-state index contributed by atoms with van der Waals surface area (Å²) in [6.07, 6.45) is 6.47. The van der Waals surface area contributed by atoms with E-state index in [1.807, 2.05) is 12.2 Å². The number of hydrogen-bond donors (Lipinski definition) is 1. The molecular formula is C12H14N2O3. The standard InChI is InChI=1S/C12H14N2O3/c15-11(13-6-2-1-3-7-13)9-14-8-4-5-10(14)12(16)17/h1-2,4-5,8H,3,6-7,9H2,(H,16,17). The molecule has 0 atom stereocenters. The number of carboxylic acids is 1. The number of carbonyl (C=O) groups excluding carboxylic acids is 1. The van der Waals surface area contributed by atoms with Crippen molar-refractivity contribution in [3.8, 4) is 0 Å². The van der Waals surface area contributed by atoms with Gasteiger partial charge in [-0.2, -0.15) is 0 Å². The van der Waals surface area contributed by atoms with Crippen LogP contribution in [0, 0.1) is 0 Å². The highest BCUT2D eigenvalue weighted by molar-refractivity contribution is 5.87. The van der Waals surface area contributed by atoms with Gasteiger partial charge in [0.05, 0.1) is 0 Å². The molecule has 0 radical (unpaired) electrons. The zero-order chi connectivity index (χ0) is 12.3. The molecule has 1 N–H and O–H groups in total. The molecule has 0 bridgehead atoms. The predicted molar refractivity (Wildman–Crippen MR) is 61.7 cm³/mol. The summed E-state index contributed by atoms with van der Waals surface area (Å²) in [5.41, 5.74) is 0.144. The van der Waals surface area contributed by atoms with Crippen molar-refractivity contribution in [3.05, 3.63) is 36.2 Å². The van der Waals surface area contributed by atoms with Crippen molar-refractivity contribution < 1.29 is 14.7 Å². The number of nitrogens with zero attached hydrogens (tertiary/aromatic N) is 2. The highest BCUT2D eigenvalue weighted by Crippen LogP contribution is 2.06. The zero-order valence-corrected chi connectivity index (χ0v) is 9.37. The molecule has 17 heavy (non-hydrogen) atoms. The van der Waals surface area contributed by atoms with E-state index in [1.54, 1.807) is 17.2 Å². The van der Waals surface area contributed by atoms with Crippen molar-refractivity contribution in [1.82, 2.24) is 9.47 Å². The van der Waals surface area contributed by atoms with E-state index in [4.69, 9.17) is 5.11 Å². The van der Waals surface area contributed by atoms with Crippen LogP contribution in [-0.2, 0) is 11.3 Å². The van der Waals surface area contributed by atoms with Crippen LogP contribution in [0.5, 0.6) is 0 Å². The third-order valence-corrected chi connectivity index (χ3v) is 2.77. The van der Waals surface area contributed by atoms with Gasteiger partial charge in [-0.3, -0.25) is 4.79 Å². The summed E-state index contributed by atoms with van der Waals surface area (Å²) in [6, 6.07) is 3.12. The Morgan fingerprint density at radius 2 is 2.18 bits per heavy atom. The summed E-state index contributed by atoms with van der Waals surface area (Å²) in [4.78, 5) is 24.5. The second-order valence-corrected chi connectivity index (χ2v) is 3.93. The largest absolute Gasteiger partial charge is 0.477 e. The minimum atomic E-state index is -1.01. The van der Waals surface area contributed by atoms with E-state index in [1.165, 1.54) is 10.6 Å². The van der Waals surface area contributed by atoms with E-state index < -0.39 is 5.97 Å². The lowest BCUT2D eigenvalue weighted by molar-refractivity contribution is -0.131. The van der Waals surface area contributed by atoms with E-state index in [9.17, 15) is 9.59 Å². The van der Waals surface area contributed by atoms with Gasteiger partial charge in [-0.25, -0.2) is 4.79 Å². The molecule has 1 aromatic rings. The van der Waals surface area contributed by atoms with Crippen LogP contribution in [0.2, 0.25) is 0 Å². The lowest BCUT2D eigenvalue weighted by Crippen LogP contribution is -2.36. The van der Waals surface area contributed by atoms with Gasteiger partial charge in [0.1, 0.15) is 12.2 Å². The Morgan fingerprint density at radius 1 is 1.35 bits per heavy atom. The van der Waals surface area contributed by atoms with Gasteiger partial charge in [-0.05, 0) is 18.6 Å². The minimum absolute atomic E-state index is 0.0481. The van der Waals surface area contributed by atoms with Gasteiger partial charge in [0.15, 0.2) is 0 Å². The van der Waals surface area contributed by atoms with Crippen molar-refractivity contribution in [2.45, 2.75) is 13.0 Å². The number of carboxylic acid groups (broad SMARTS) is 1. The molecular weight excluding hydrogens is 220 g/mol. The van der Waals surface area contributed by atoms with Crippen LogP contribution in [0.15, 0.2) is 30.5 Å². The molecule has 0 aliphatic carbocycles. The maximum Gasteiger partial charge on any atom is 0.352 e. The summed E-state index contributed by atoms with van der Waals surface area (Å²) in [7, 11) is 0. The maximum atomic E-state index is 11.9. The fraction of sp³-hybridized carbons (Fsp3) is 0.333. The summed E-state index contributed by atoms with van der Waals surface area (Å²) < 4.78 is 1.46. The number of amides is 1. The Balaban J connectivity index is 2.05. The Labute approximate surface area is 99.0 Å². The van der Waals surface area contributed by atoms with Gasteiger partial charge in [-0.1, -0.05) is 12.2 Å². The first-order chi connectivity index (χ1) is 8.18. The van der Waals surface area contributed by atoms with Crippen LogP contribution in [0.25, 0.3) is 0 Å². The van der Waals surface area contributed by atoms with E-state index in [0.29, 0.717) is 13.1 Å². The number of rotatable bonds is 3. The van der Waals surface area contributed by atoms with Crippen LogP contribution in [0.4, 0.5) is 0 Å². The Hall–Kier alpha value is -2.04. The molecule has 1 aliphatic heterocycles. The summed E-state index contributed by atoms with van der Waals surface area (Å²) >= 11 is 0. The van der Waals surface area contributed by atoms with Crippen molar-refractivity contribution in [2.24, 2.45) is 0 Å². The second-order valence-electron chi connectivity index (χ2n) is 3.93. The number of aromatic nitrogens is 1. The maximum absolute atomic E-state index is 11.9. The van der Waals surface area contributed by atoms with Crippen LogP contribution in [-0.4, -0.2) is 39.5 Å². The van der Waals surface area contributed by atoms with Crippen LogP contribution in [0.1, 0.15) is 16.9 Å². The molecule has 0 spiro atoms. The number of hydrogen-bond acceptors (Lipinski definition) is 2. The van der Waals surface area contributed by atoms with Crippen LogP contribution >= 0.6 is 0 Å². The Morgan fingerprint density at radius 3 is 2.82 bits per heavy atom. The predicted octanol–water partition coefficient (Wildman–Crippen LogP) is 0.975. The molecule has 0 saturated carbocycles. The van der Waals surface area contributed by atoms with Gasteiger partial charge in [0.25, 0.3) is 0 Å². The van der Waals surface area contributed by atoms with Crippen molar-refractivity contribution in [1.29, 1.82) is 0 Å². The monoisotopic (exact) mass is 234 g/mol. The van der Waals surface area contributed by atoms with Gasteiger partial charge >= 0.3 is 5.97 Å². The second kappa shape index (κ2) is 4.86. The Kier molecular flexibility index (Phi) is 3.27. The molecule has 1 aliphatic rings. The zero-order valence-electron chi connectivity index (χ0n) is 9.37. The molecule has 90 valence electrons. The summed E-state index contributed by atoms with van der Waals surface area (Å²) in [5.74, 6) is -1.06. The van der Waals surface area contributed by atoms with Gasteiger partial charge in [-0.15, -0.1) is 0 Å². The first-order valence-electron chi connectivity index (χ1n) is 5.49. The van der Waals surface area contributed by atoms with E-state index in [-0.39, 0.29) is 18.1 Å². The first kappa shape index (κ1) is 11.4. The highest BCUT2D eigenvalue weighted by Gasteiger charge is 2.16. The Bertz CT molecular complexity index is 462. The molecule has 1 amide bonds. The molecule has 2 rings (SSSR count). The number of carbonyl (C=O) groups is 2. The highest BCUT2D eigenvalue weighted by atomic mass is 16.4. The number of aromatic carboxylic acids is 1. The SMILES string of the molecule is O=C(O)c1cccn1CC(=O)N1CC=CCC1. The van der Waals surface area contributed by atoms with Crippen molar-refractivity contribution >= 4 is 11.9 Å². The average Bonchev–Trinajstić information content (AvgIpc) is 2.78. The lowest BCUT2D eigenvalue weighted by Gasteiger charge is -2.23. The van der Waals surface area contributed by atoms with Gasteiger partial charge in [0, 0.05) is 19.3 Å². The van der Waals surface area contributed by atoms with E-state index in [2.05, 4.69) is 0 Å². The average molecular weight is 234 g/mol. The molecule has 0 unspecified atom stereocenters. The molecule has 5 heteroatoms. The topological polar surface area (TPSA) is 62.5 Å². The minimum Gasteiger partial charge on any atom is -0.477 e. The van der Waals surface area contributed by atoms with E-state index in [0.717, 1.165) is 6.42 Å². The molecule has 5 nitrogen and oxygen atoms in total. The molecule has 0 aromatic carbocycles. The third kappa shape index (κ3) is 2.55. The fourth-order valence-electron chi connectivity index (χ4n) is 1.86. The van der Waals surface area contributed by atoms with Gasteiger partial charge in [0.2, 0.25) is 5.91 Å². The summed E-state index contributed by atoms with van der Waals surface area (Å²) in [6.45, 7) is 1.41. The normalized spacial score (nSPS) is 14.9. The van der Waals surface area contributed by atoms with E-state index >= 15 is 0 Å².